The van der Waals surface area contributed by atoms with E-state index in [9.17, 15) is 4.79 Å². The molecule has 0 aliphatic carbocycles. The minimum atomic E-state index is 0.0983. The molecule has 0 amide bonds. The number of hydrogen-bond donors (Lipinski definition) is 1. The summed E-state index contributed by atoms with van der Waals surface area (Å²) in [4.78, 5) is 11.7. The first-order chi connectivity index (χ1) is 7.19. The van der Waals surface area contributed by atoms with Crippen LogP contribution in [-0.2, 0) is 13.1 Å². The van der Waals surface area contributed by atoms with Crippen LogP contribution >= 0.6 is 0 Å². The van der Waals surface area contributed by atoms with Crippen molar-refractivity contribution in [2.45, 2.75) is 46.3 Å². The van der Waals surface area contributed by atoms with Gasteiger partial charge in [-0.05, 0) is 26.8 Å². The number of nitrogens with one attached hydrogen (secondary N) is 1. The van der Waals surface area contributed by atoms with E-state index in [1.807, 2.05) is 19.3 Å². The lowest BCUT2D eigenvalue weighted by atomic mass is 10.2. The van der Waals surface area contributed by atoms with E-state index in [4.69, 9.17) is 0 Å². The molecule has 0 saturated heterocycles. The van der Waals surface area contributed by atoms with Crippen LogP contribution < -0.4 is 11.0 Å². The SMILES string of the molecule is CCNC(C)CCn1ccn(CC)c1=O. The summed E-state index contributed by atoms with van der Waals surface area (Å²) >= 11 is 0. The maximum atomic E-state index is 11.7. The maximum absolute atomic E-state index is 11.7. The standard InChI is InChI=1S/C11H21N3O/c1-4-12-10(3)6-7-14-9-8-13(5-2)11(14)15/h8-10,12H,4-7H2,1-3H3. The molecule has 4 nitrogen and oxygen atoms in total. The predicted octanol–water partition coefficient (Wildman–Crippen LogP) is 1.06. The van der Waals surface area contributed by atoms with Crippen molar-refractivity contribution in [2.24, 2.45) is 0 Å². The van der Waals surface area contributed by atoms with E-state index in [-0.39, 0.29) is 5.69 Å². The van der Waals surface area contributed by atoms with Crippen molar-refractivity contribution in [3.8, 4) is 0 Å². The molecule has 1 rings (SSSR count). The van der Waals surface area contributed by atoms with E-state index in [2.05, 4.69) is 19.2 Å². The monoisotopic (exact) mass is 211 g/mol. The van der Waals surface area contributed by atoms with Gasteiger partial charge in [0.05, 0.1) is 0 Å². The predicted molar refractivity (Wildman–Crippen MR) is 62.1 cm³/mol. The number of nitrogens with zero attached hydrogens (tertiary/aromatic N) is 2. The van der Waals surface area contributed by atoms with Crippen LogP contribution in [0.15, 0.2) is 17.2 Å². The van der Waals surface area contributed by atoms with E-state index in [1.165, 1.54) is 0 Å². The molecule has 1 aromatic heterocycles. The number of hydrogen-bond acceptors (Lipinski definition) is 2. The van der Waals surface area contributed by atoms with Crippen molar-refractivity contribution < 1.29 is 0 Å². The van der Waals surface area contributed by atoms with Crippen molar-refractivity contribution in [1.82, 2.24) is 14.5 Å². The second kappa shape index (κ2) is 5.75. The number of imidazole rings is 1. The Hall–Kier alpha value is -1.03. The highest BCUT2D eigenvalue weighted by atomic mass is 16.1. The van der Waals surface area contributed by atoms with Gasteiger partial charge in [0.1, 0.15) is 0 Å². The highest BCUT2D eigenvalue weighted by Crippen LogP contribution is 1.94. The van der Waals surface area contributed by atoms with Gasteiger partial charge < -0.3 is 5.32 Å². The highest BCUT2D eigenvalue weighted by molar-refractivity contribution is 4.81. The normalized spacial score (nSPS) is 13.0. The van der Waals surface area contributed by atoms with Crippen LogP contribution in [0.4, 0.5) is 0 Å². The summed E-state index contributed by atoms with van der Waals surface area (Å²) in [6.45, 7) is 8.73. The second-order valence-electron chi connectivity index (χ2n) is 3.81. The van der Waals surface area contributed by atoms with E-state index < -0.39 is 0 Å². The minimum absolute atomic E-state index is 0.0983. The Labute approximate surface area is 90.9 Å². The summed E-state index contributed by atoms with van der Waals surface area (Å²) in [7, 11) is 0. The molecule has 1 N–H and O–H groups in total. The second-order valence-corrected chi connectivity index (χ2v) is 3.81. The summed E-state index contributed by atoms with van der Waals surface area (Å²) in [5, 5.41) is 3.33. The fourth-order valence-electron chi connectivity index (χ4n) is 1.65. The average molecular weight is 211 g/mol. The molecule has 1 heterocycles. The molecule has 0 radical (unpaired) electrons. The largest absolute Gasteiger partial charge is 0.328 e. The molecule has 1 aromatic rings. The van der Waals surface area contributed by atoms with Gasteiger partial charge >= 0.3 is 5.69 Å². The maximum Gasteiger partial charge on any atom is 0.328 e. The molecule has 0 fully saturated rings. The van der Waals surface area contributed by atoms with E-state index >= 15 is 0 Å². The topological polar surface area (TPSA) is 39.0 Å². The number of rotatable bonds is 6. The fourth-order valence-corrected chi connectivity index (χ4v) is 1.65. The van der Waals surface area contributed by atoms with Crippen LogP contribution in [0.25, 0.3) is 0 Å². The quantitative estimate of drug-likeness (QED) is 0.764. The van der Waals surface area contributed by atoms with E-state index in [0.717, 1.165) is 26.1 Å². The molecule has 0 aliphatic heterocycles. The molecule has 0 spiro atoms. The molecule has 0 aliphatic rings. The van der Waals surface area contributed by atoms with Gasteiger partial charge in [-0.3, -0.25) is 9.13 Å². The van der Waals surface area contributed by atoms with Gasteiger partial charge in [-0.15, -0.1) is 0 Å². The van der Waals surface area contributed by atoms with Gasteiger partial charge in [-0.25, -0.2) is 4.79 Å². The third-order valence-corrected chi connectivity index (χ3v) is 2.61. The lowest BCUT2D eigenvalue weighted by molar-refractivity contribution is 0.478. The fraction of sp³-hybridized carbons (Fsp3) is 0.727. The van der Waals surface area contributed by atoms with Crippen LogP contribution in [0.3, 0.4) is 0 Å². The Kier molecular flexibility index (Phi) is 4.62. The van der Waals surface area contributed by atoms with Crippen molar-refractivity contribution >= 4 is 0 Å². The molecule has 4 heteroatoms. The third kappa shape index (κ3) is 3.23. The highest BCUT2D eigenvalue weighted by Gasteiger charge is 2.03. The van der Waals surface area contributed by atoms with Crippen molar-refractivity contribution in [1.29, 1.82) is 0 Å². The zero-order valence-corrected chi connectivity index (χ0v) is 9.86. The van der Waals surface area contributed by atoms with Crippen molar-refractivity contribution in [2.75, 3.05) is 6.54 Å². The summed E-state index contributed by atoms with van der Waals surface area (Å²) in [5.74, 6) is 0. The lowest BCUT2D eigenvalue weighted by Gasteiger charge is -2.11. The lowest BCUT2D eigenvalue weighted by Crippen LogP contribution is -2.29. The molecular weight excluding hydrogens is 190 g/mol. The summed E-state index contributed by atoms with van der Waals surface area (Å²) < 4.78 is 3.50. The van der Waals surface area contributed by atoms with Gasteiger partial charge in [0.15, 0.2) is 0 Å². The van der Waals surface area contributed by atoms with Crippen LogP contribution in [0.5, 0.6) is 0 Å². The van der Waals surface area contributed by atoms with Crippen molar-refractivity contribution in [3.05, 3.63) is 22.9 Å². The third-order valence-electron chi connectivity index (χ3n) is 2.61. The minimum Gasteiger partial charge on any atom is -0.314 e. The summed E-state index contributed by atoms with van der Waals surface area (Å²) in [6, 6.07) is 0.465. The molecule has 0 saturated carbocycles. The smallest absolute Gasteiger partial charge is 0.314 e. The molecule has 0 bridgehead atoms. The summed E-state index contributed by atoms with van der Waals surface area (Å²) in [5.41, 5.74) is 0.0983. The first-order valence-corrected chi connectivity index (χ1v) is 5.68. The van der Waals surface area contributed by atoms with Crippen LogP contribution in [0, 0.1) is 0 Å². The van der Waals surface area contributed by atoms with Crippen LogP contribution in [0.2, 0.25) is 0 Å². The molecule has 0 aromatic carbocycles. The average Bonchev–Trinajstić information content (AvgIpc) is 2.57. The van der Waals surface area contributed by atoms with Crippen molar-refractivity contribution in [3.63, 3.8) is 0 Å². The Morgan fingerprint density at radius 1 is 1.33 bits per heavy atom. The zero-order valence-electron chi connectivity index (χ0n) is 9.86. The van der Waals surface area contributed by atoms with Gasteiger partial charge in [0, 0.05) is 31.5 Å². The first kappa shape index (κ1) is 12.0. The molecule has 1 atom stereocenters. The molecule has 1 unspecified atom stereocenters. The number of aromatic nitrogens is 2. The molecular formula is C11H21N3O. The van der Waals surface area contributed by atoms with E-state index in [1.54, 1.807) is 9.13 Å². The first-order valence-electron chi connectivity index (χ1n) is 5.68. The number of aryl methyl sites for hydroxylation is 2. The van der Waals surface area contributed by atoms with E-state index in [0.29, 0.717) is 6.04 Å². The van der Waals surface area contributed by atoms with Gasteiger partial charge in [-0.1, -0.05) is 6.92 Å². The Bertz CT molecular complexity index is 340. The van der Waals surface area contributed by atoms with Crippen LogP contribution in [-0.4, -0.2) is 21.7 Å². The van der Waals surface area contributed by atoms with Gasteiger partial charge in [0.25, 0.3) is 0 Å². The zero-order chi connectivity index (χ0) is 11.3. The molecule has 86 valence electrons. The molecule has 15 heavy (non-hydrogen) atoms. The van der Waals surface area contributed by atoms with Gasteiger partial charge in [-0.2, -0.15) is 0 Å². The summed E-state index contributed by atoms with van der Waals surface area (Å²) in [6.07, 6.45) is 4.70. The Morgan fingerprint density at radius 3 is 2.53 bits per heavy atom. The van der Waals surface area contributed by atoms with Gasteiger partial charge in [0.2, 0.25) is 0 Å². The Balaban J connectivity index is 2.51. The van der Waals surface area contributed by atoms with Crippen LogP contribution in [0.1, 0.15) is 27.2 Å². The Morgan fingerprint density at radius 2 is 2.00 bits per heavy atom.